The first-order valence-electron chi connectivity index (χ1n) is 36.5. The van der Waals surface area contributed by atoms with Gasteiger partial charge in [-0.2, -0.15) is 0 Å². The number of carbonyl (C=O) groups is 2. The summed E-state index contributed by atoms with van der Waals surface area (Å²) < 4.78 is 34.3. The van der Waals surface area contributed by atoms with Crippen molar-refractivity contribution in [3.8, 4) is 0 Å². The lowest BCUT2D eigenvalue weighted by Crippen LogP contribution is -2.37. The summed E-state index contributed by atoms with van der Waals surface area (Å²) in [4.78, 5) is 38.0. The topological polar surface area (TPSA) is 111 Å². The Morgan fingerprint density at radius 1 is 0.373 bits per heavy atom. The van der Waals surface area contributed by atoms with Crippen LogP contribution in [0.25, 0.3) is 0 Å². The van der Waals surface area contributed by atoms with Gasteiger partial charge in [-0.3, -0.25) is 14.2 Å². The van der Waals surface area contributed by atoms with E-state index in [-0.39, 0.29) is 32.0 Å². The summed E-state index contributed by atoms with van der Waals surface area (Å²) in [6.45, 7) is 4.31. The van der Waals surface area contributed by atoms with Crippen molar-refractivity contribution in [3.63, 3.8) is 0 Å². The maximum Gasteiger partial charge on any atom is 0.306 e. The van der Waals surface area contributed by atoms with Crippen LogP contribution >= 0.6 is 7.82 Å². The van der Waals surface area contributed by atoms with Gasteiger partial charge in [0.25, 0.3) is 7.82 Å². The Morgan fingerprint density at radius 3 is 0.952 bits per heavy atom. The molecule has 0 aliphatic heterocycles. The number of hydrogen-bond donors (Lipinski definition) is 0. The molecule has 0 aliphatic rings. The van der Waals surface area contributed by atoms with Gasteiger partial charge in [-0.25, -0.2) is 0 Å². The van der Waals surface area contributed by atoms with Crippen molar-refractivity contribution < 1.29 is 42.1 Å². The van der Waals surface area contributed by atoms with Crippen LogP contribution in [0, 0.1) is 0 Å². The maximum absolute atomic E-state index is 12.9. The van der Waals surface area contributed by atoms with Crippen molar-refractivity contribution in [2.24, 2.45) is 0 Å². The van der Waals surface area contributed by atoms with Gasteiger partial charge in [0.05, 0.1) is 27.7 Å². The average molecular weight is 1190 g/mol. The fourth-order valence-corrected chi connectivity index (χ4v) is 11.8. The van der Waals surface area contributed by atoms with Crippen molar-refractivity contribution in [2.45, 2.75) is 386 Å². The standard InChI is InChI=1S/C73H142NO8P/c1-6-8-10-12-14-16-18-20-22-24-26-28-29-30-31-32-33-34-35-36-37-38-39-40-41-42-43-44-45-46-48-50-52-54-56-58-60-62-64-66-73(76)82-71(70-81-83(77,78)80-68-67-74(3,4)5)69-79-72(75)65-63-61-59-57-55-53-51-49-47-27-25-23-21-19-17-15-13-11-9-7-2/h18,20,24,26,71H,6-17,19,21-23,25,27-70H2,1-5H3/b20-18-,26-24-. The zero-order valence-corrected chi connectivity index (χ0v) is 57.1. The van der Waals surface area contributed by atoms with E-state index < -0.39 is 26.5 Å². The molecule has 0 radical (unpaired) electrons. The molecule has 9 nitrogen and oxygen atoms in total. The number of rotatable bonds is 69. The van der Waals surface area contributed by atoms with E-state index >= 15 is 0 Å². The first-order valence-corrected chi connectivity index (χ1v) is 38.0. The zero-order valence-electron chi connectivity index (χ0n) is 56.2. The zero-order chi connectivity index (χ0) is 60.5. The second-order valence-electron chi connectivity index (χ2n) is 26.3. The number of hydrogen-bond acceptors (Lipinski definition) is 8. The van der Waals surface area contributed by atoms with Crippen LogP contribution in [0.3, 0.4) is 0 Å². The molecule has 0 saturated heterocycles. The van der Waals surface area contributed by atoms with Crippen molar-refractivity contribution in [2.75, 3.05) is 47.5 Å². The van der Waals surface area contributed by atoms with Crippen LogP contribution in [0.4, 0.5) is 0 Å². The van der Waals surface area contributed by atoms with Crippen molar-refractivity contribution >= 4 is 19.8 Å². The van der Waals surface area contributed by atoms with E-state index in [4.69, 9.17) is 18.5 Å². The van der Waals surface area contributed by atoms with Gasteiger partial charge in [0.1, 0.15) is 19.8 Å². The number of allylic oxidation sites excluding steroid dienone is 4. The van der Waals surface area contributed by atoms with Crippen LogP contribution < -0.4 is 4.89 Å². The highest BCUT2D eigenvalue weighted by atomic mass is 31.2. The van der Waals surface area contributed by atoms with Crippen molar-refractivity contribution in [3.05, 3.63) is 24.3 Å². The van der Waals surface area contributed by atoms with Gasteiger partial charge in [0, 0.05) is 12.8 Å². The molecule has 0 spiro atoms. The number of likely N-dealkylation sites (N-methyl/N-ethyl adjacent to an activating group) is 1. The smallest absolute Gasteiger partial charge is 0.306 e. The fraction of sp³-hybridized carbons (Fsp3) is 0.918. The summed E-state index contributed by atoms with van der Waals surface area (Å²) in [7, 11) is 1.19. The predicted octanol–water partition coefficient (Wildman–Crippen LogP) is 23.0. The lowest BCUT2D eigenvalue weighted by Gasteiger charge is -2.28. The molecule has 0 heterocycles. The molecule has 10 heteroatoms. The molecule has 0 amide bonds. The molecular weight excluding hydrogens is 1050 g/mol. The molecule has 0 aromatic rings. The largest absolute Gasteiger partial charge is 0.756 e. The Balaban J connectivity index is 3.88. The number of carbonyl (C=O) groups excluding carboxylic acids is 2. The minimum Gasteiger partial charge on any atom is -0.756 e. The Hall–Kier alpha value is -1.51. The van der Waals surface area contributed by atoms with Gasteiger partial charge >= 0.3 is 11.9 Å². The van der Waals surface area contributed by atoms with Gasteiger partial charge < -0.3 is 27.9 Å². The average Bonchev–Trinajstić information content (AvgIpc) is 3.48. The first-order chi connectivity index (χ1) is 40.5. The first kappa shape index (κ1) is 81.5. The van der Waals surface area contributed by atoms with E-state index in [1.165, 1.54) is 308 Å². The summed E-state index contributed by atoms with van der Waals surface area (Å²) in [6, 6.07) is 0. The van der Waals surface area contributed by atoms with E-state index in [1.54, 1.807) is 0 Å². The molecule has 0 fully saturated rings. The number of phosphoric ester groups is 1. The Labute approximate surface area is 517 Å². The molecule has 0 bridgehead atoms. The number of unbranched alkanes of at least 4 members (excludes halogenated alkanes) is 51. The van der Waals surface area contributed by atoms with Gasteiger partial charge in [-0.05, 0) is 44.9 Å². The molecule has 2 atom stereocenters. The third-order valence-corrected chi connectivity index (χ3v) is 17.7. The molecular formula is C73H142NO8P. The maximum atomic E-state index is 12.9. The van der Waals surface area contributed by atoms with Crippen molar-refractivity contribution in [1.82, 2.24) is 0 Å². The highest BCUT2D eigenvalue weighted by Gasteiger charge is 2.22. The monoisotopic (exact) mass is 1190 g/mol. The van der Waals surface area contributed by atoms with Gasteiger partial charge in [0.2, 0.25) is 0 Å². The SMILES string of the molecule is CCCCCCC/C=C\C/C=C\CCCCCCCCCCCCCCCCCCCCCCCCCCCCCC(=O)OC(COC(=O)CCCCCCCCCCCCCCCCCCCCCC)COP(=O)([O-])OCC[N+](C)(C)C. The summed E-state index contributed by atoms with van der Waals surface area (Å²) in [6.07, 6.45) is 81.4. The molecule has 0 rings (SSSR count). The molecule has 492 valence electrons. The van der Waals surface area contributed by atoms with Crippen LogP contribution in [-0.2, 0) is 32.7 Å². The van der Waals surface area contributed by atoms with Crippen LogP contribution in [0.15, 0.2) is 24.3 Å². The summed E-state index contributed by atoms with van der Waals surface area (Å²) >= 11 is 0. The van der Waals surface area contributed by atoms with E-state index in [9.17, 15) is 19.0 Å². The molecule has 83 heavy (non-hydrogen) atoms. The molecule has 0 aromatic heterocycles. The Kier molecular flexibility index (Phi) is 63.8. The predicted molar refractivity (Wildman–Crippen MR) is 356 cm³/mol. The summed E-state index contributed by atoms with van der Waals surface area (Å²) in [5.41, 5.74) is 0. The lowest BCUT2D eigenvalue weighted by molar-refractivity contribution is -0.870. The van der Waals surface area contributed by atoms with E-state index in [1.807, 2.05) is 21.1 Å². The molecule has 0 aliphatic carbocycles. The van der Waals surface area contributed by atoms with E-state index in [0.717, 1.165) is 38.5 Å². The van der Waals surface area contributed by atoms with Crippen molar-refractivity contribution in [1.29, 1.82) is 0 Å². The van der Waals surface area contributed by atoms with Crippen LogP contribution in [0.2, 0.25) is 0 Å². The number of phosphoric acid groups is 1. The van der Waals surface area contributed by atoms with Crippen LogP contribution in [0.1, 0.15) is 380 Å². The number of nitrogens with zero attached hydrogens (tertiary/aromatic N) is 1. The normalized spacial score (nSPS) is 13.2. The highest BCUT2D eigenvalue weighted by Crippen LogP contribution is 2.38. The quantitative estimate of drug-likeness (QED) is 0.0195. The number of quaternary nitrogens is 1. The molecule has 0 aromatic carbocycles. The molecule has 0 N–H and O–H groups in total. The van der Waals surface area contributed by atoms with Gasteiger partial charge in [-0.15, -0.1) is 0 Å². The van der Waals surface area contributed by atoms with E-state index in [0.29, 0.717) is 17.4 Å². The third kappa shape index (κ3) is 69.5. The van der Waals surface area contributed by atoms with Crippen LogP contribution in [-0.4, -0.2) is 70.0 Å². The number of ether oxygens (including phenoxy) is 2. The summed E-state index contributed by atoms with van der Waals surface area (Å²) in [5.74, 6) is -0.807. The second kappa shape index (κ2) is 64.9. The minimum atomic E-state index is -4.64. The Morgan fingerprint density at radius 2 is 0.651 bits per heavy atom. The lowest BCUT2D eigenvalue weighted by atomic mass is 10.0. The van der Waals surface area contributed by atoms with Gasteiger partial charge in [0.15, 0.2) is 6.10 Å². The highest BCUT2D eigenvalue weighted by molar-refractivity contribution is 7.45. The third-order valence-electron chi connectivity index (χ3n) is 16.7. The van der Waals surface area contributed by atoms with Gasteiger partial charge in [-0.1, -0.05) is 346 Å². The summed E-state index contributed by atoms with van der Waals surface area (Å²) in [5, 5.41) is 0. The van der Waals surface area contributed by atoms with E-state index in [2.05, 4.69) is 38.2 Å². The minimum absolute atomic E-state index is 0.0261. The second-order valence-corrected chi connectivity index (χ2v) is 27.7. The van der Waals surface area contributed by atoms with Crippen LogP contribution in [0.5, 0.6) is 0 Å². The molecule has 2 unspecified atom stereocenters. The fourth-order valence-electron chi connectivity index (χ4n) is 11.1. The molecule has 0 saturated carbocycles. The number of esters is 2. The Bertz CT molecular complexity index is 1450.